The number of hydrogen-bond donors (Lipinski definition) is 1. The van der Waals surface area contributed by atoms with E-state index in [4.69, 9.17) is 11.6 Å². The number of nitrogens with one attached hydrogen (secondary N) is 1. The molecule has 0 radical (unpaired) electrons. The van der Waals surface area contributed by atoms with Crippen LogP contribution in [0.5, 0.6) is 0 Å². The molecule has 3 aromatic rings. The van der Waals surface area contributed by atoms with E-state index in [2.05, 4.69) is 15.3 Å². The maximum atomic E-state index is 14.2. The summed E-state index contributed by atoms with van der Waals surface area (Å²) < 4.78 is 92.4. The maximum Gasteiger partial charge on any atom is 0.433 e. The molecule has 14 heteroatoms. The summed E-state index contributed by atoms with van der Waals surface area (Å²) in [5.74, 6) is -1.42. The lowest BCUT2D eigenvalue weighted by atomic mass is 10.1. The third-order valence-electron chi connectivity index (χ3n) is 5.60. The molecule has 1 amide bonds. The molecular formula is C23H18ClF5N4O3S. The van der Waals surface area contributed by atoms with Crippen LogP contribution in [-0.4, -0.2) is 47.4 Å². The fourth-order valence-electron chi connectivity index (χ4n) is 3.82. The molecule has 1 aliphatic heterocycles. The Morgan fingerprint density at radius 2 is 1.84 bits per heavy atom. The van der Waals surface area contributed by atoms with Gasteiger partial charge in [-0.2, -0.15) is 17.5 Å². The second-order valence-corrected chi connectivity index (χ2v) is 10.5. The SMILES string of the molecule is O=C(NCc1cc(Cl)nc(-c2ccc(C(F)(F)F)nc2)c1)C1CC(F)CN1S(=O)(=O)c1ccc(F)cc1. The van der Waals surface area contributed by atoms with Crippen LogP contribution in [0.3, 0.4) is 0 Å². The fourth-order valence-corrected chi connectivity index (χ4v) is 5.68. The molecule has 3 heterocycles. The van der Waals surface area contributed by atoms with Gasteiger partial charge < -0.3 is 5.32 Å². The van der Waals surface area contributed by atoms with Gasteiger partial charge >= 0.3 is 6.18 Å². The van der Waals surface area contributed by atoms with Gasteiger partial charge in [0.25, 0.3) is 0 Å². The van der Waals surface area contributed by atoms with Gasteiger partial charge in [-0.15, -0.1) is 0 Å². The molecule has 1 aliphatic rings. The minimum atomic E-state index is -4.60. The van der Waals surface area contributed by atoms with Gasteiger partial charge in [0.15, 0.2) is 0 Å². The van der Waals surface area contributed by atoms with E-state index in [0.717, 1.165) is 40.8 Å². The molecule has 1 fully saturated rings. The third-order valence-corrected chi connectivity index (χ3v) is 7.68. The lowest BCUT2D eigenvalue weighted by molar-refractivity contribution is -0.141. The molecule has 2 aromatic heterocycles. The number of rotatable bonds is 6. The Balaban J connectivity index is 1.50. The van der Waals surface area contributed by atoms with Crippen LogP contribution in [0.2, 0.25) is 5.15 Å². The molecule has 0 spiro atoms. The zero-order chi connectivity index (χ0) is 27.0. The molecule has 0 saturated carbocycles. The number of amides is 1. The summed E-state index contributed by atoms with van der Waals surface area (Å²) in [6, 6.07) is 7.45. The summed E-state index contributed by atoms with van der Waals surface area (Å²) in [6.45, 7) is -0.691. The van der Waals surface area contributed by atoms with Crippen LogP contribution in [0.1, 0.15) is 17.7 Å². The molecule has 1 saturated heterocycles. The van der Waals surface area contributed by atoms with Crippen LogP contribution in [0.4, 0.5) is 22.0 Å². The first kappa shape index (κ1) is 26.9. The summed E-state index contributed by atoms with van der Waals surface area (Å²) in [5.41, 5.74) is -0.224. The highest BCUT2D eigenvalue weighted by Gasteiger charge is 2.44. The number of carbonyl (C=O) groups is 1. The highest BCUT2D eigenvalue weighted by molar-refractivity contribution is 7.89. The zero-order valence-electron chi connectivity index (χ0n) is 18.7. The maximum absolute atomic E-state index is 14.2. The van der Waals surface area contributed by atoms with E-state index in [9.17, 15) is 35.2 Å². The van der Waals surface area contributed by atoms with Crippen LogP contribution in [-0.2, 0) is 27.5 Å². The number of sulfonamides is 1. The van der Waals surface area contributed by atoms with Crippen molar-refractivity contribution in [2.45, 2.75) is 36.3 Å². The molecule has 37 heavy (non-hydrogen) atoms. The summed E-state index contributed by atoms with van der Waals surface area (Å²) in [6.07, 6.45) is -5.57. The van der Waals surface area contributed by atoms with Crippen molar-refractivity contribution in [2.75, 3.05) is 6.54 Å². The van der Waals surface area contributed by atoms with E-state index in [1.807, 2.05) is 0 Å². The topological polar surface area (TPSA) is 92.3 Å². The quantitative estimate of drug-likeness (QED) is 0.357. The minimum absolute atomic E-state index is 0.00755. The Bertz CT molecular complexity index is 1400. The molecular weight excluding hydrogens is 543 g/mol. The third kappa shape index (κ3) is 6.05. The summed E-state index contributed by atoms with van der Waals surface area (Å²) >= 11 is 6.04. The number of nitrogens with zero attached hydrogens (tertiary/aromatic N) is 3. The van der Waals surface area contributed by atoms with Gasteiger partial charge in [-0.1, -0.05) is 11.6 Å². The van der Waals surface area contributed by atoms with Gasteiger partial charge in [0, 0.05) is 31.3 Å². The van der Waals surface area contributed by atoms with E-state index < -0.39 is 52.4 Å². The Kier molecular flexibility index (Phi) is 7.49. The highest BCUT2D eigenvalue weighted by Crippen LogP contribution is 2.30. The lowest BCUT2D eigenvalue weighted by Gasteiger charge is -2.23. The van der Waals surface area contributed by atoms with Gasteiger partial charge in [0.1, 0.15) is 28.9 Å². The van der Waals surface area contributed by atoms with Crippen LogP contribution in [0, 0.1) is 5.82 Å². The number of halogens is 6. The minimum Gasteiger partial charge on any atom is -0.351 e. The van der Waals surface area contributed by atoms with Crippen LogP contribution >= 0.6 is 11.6 Å². The molecule has 0 aliphatic carbocycles. The van der Waals surface area contributed by atoms with Crippen molar-refractivity contribution in [1.29, 1.82) is 0 Å². The molecule has 1 aromatic carbocycles. The Morgan fingerprint density at radius 1 is 1.14 bits per heavy atom. The predicted octanol–water partition coefficient (Wildman–Crippen LogP) is 4.37. The predicted molar refractivity (Wildman–Crippen MR) is 123 cm³/mol. The van der Waals surface area contributed by atoms with Gasteiger partial charge in [-0.05, 0) is 54.1 Å². The molecule has 7 nitrogen and oxygen atoms in total. The van der Waals surface area contributed by atoms with Gasteiger partial charge in [0.2, 0.25) is 15.9 Å². The van der Waals surface area contributed by atoms with Gasteiger partial charge in [0.05, 0.1) is 10.6 Å². The van der Waals surface area contributed by atoms with Crippen LogP contribution in [0.25, 0.3) is 11.3 Å². The number of benzene rings is 1. The second-order valence-electron chi connectivity index (χ2n) is 8.21. The Hall–Kier alpha value is -3.16. The van der Waals surface area contributed by atoms with E-state index in [1.165, 1.54) is 18.2 Å². The Morgan fingerprint density at radius 3 is 2.46 bits per heavy atom. The van der Waals surface area contributed by atoms with Crippen molar-refractivity contribution in [3.8, 4) is 11.3 Å². The van der Waals surface area contributed by atoms with E-state index in [0.29, 0.717) is 5.56 Å². The Labute approximate surface area is 213 Å². The number of carbonyl (C=O) groups excluding carboxylic acids is 1. The van der Waals surface area contributed by atoms with Crippen molar-refractivity contribution in [3.05, 3.63) is 77.0 Å². The molecule has 2 unspecified atom stereocenters. The second kappa shape index (κ2) is 10.3. The summed E-state index contributed by atoms with van der Waals surface area (Å²) in [5, 5.41) is 2.53. The molecule has 0 bridgehead atoms. The molecule has 2 atom stereocenters. The van der Waals surface area contributed by atoms with Crippen molar-refractivity contribution in [2.24, 2.45) is 0 Å². The first-order valence-corrected chi connectivity index (χ1v) is 12.6. The highest BCUT2D eigenvalue weighted by atomic mass is 35.5. The average molecular weight is 561 g/mol. The molecule has 4 rings (SSSR count). The van der Waals surface area contributed by atoms with Crippen molar-refractivity contribution >= 4 is 27.5 Å². The monoisotopic (exact) mass is 560 g/mol. The van der Waals surface area contributed by atoms with Crippen LogP contribution < -0.4 is 5.32 Å². The van der Waals surface area contributed by atoms with Gasteiger partial charge in [-0.25, -0.2) is 22.2 Å². The number of alkyl halides is 4. The van der Waals surface area contributed by atoms with Gasteiger partial charge in [-0.3, -0.25) is 9.78 Å². The lowest BCUT2D eigenvalue weighted by Crippen LogP contribution is -2.45. The number of pyridine rings is 2. The smallest absolute Gasteiger partial charge is 0.351 e. The average Bonchev–Trinajstić information content (AvgIpc) is 3.25. The van der Waals surface area contributed by atoms with Crippen molar-refractivity contribution in [1.82, 2.24) is 19.6 Å². The molecule has 1 N–H and O–H groups in total. The van der Waals surface area contributed by atoms with E-state index >= 15 is 0 Å². The zero-order valence-corrected chi connectivity index (χ0v) is 20.3. The molecule has 196 valence electrons. The first-order valence-electron chi connectivity index (χ1n) is 10.7. The van der Waals surface area contributed by atoms with Crippen molar-refractivity contribution in [3.63, 3.8) is 0 Å². The fraction of sp³-hybridized carbons (Fsp3) is 0.261. The normalized spacial score (nSPS) is 18.6. The van der Waals surface area contributed by atoms with E-state index in [1.54, 1.807) is 0 Å². The largest absolute Gasteiger partial charge is 0.433 e. The van der Waals surface area contributed by atoms with Crippen molar-refractivity contribution < 1.29 is 35.2 Å². The standard InChI is InChI=1S/C23H18ClF5N4O3S/c24-21-8-13(7-18(32-21)14-1-6-20(30-11-14)23(27,28)29)10-31-22(34)19-9-16(26)12-33(19)37(35,36)17-4-2-15(25)3-5-17/h1-8,11,16,19H,9-10,12H2,(H,31,34). The summed E-state index contributed by atoms with van der Waals surface area (Å²) in [7, 11) is -4.28. The van der Waals surface area contributed by atoms with Crippen LogP contribution in [0.15, 0.2) is 59.6 Å². The van der Waals surface area contributed by atoms with E-state index in [-0.39, 0.29) is 34.3 Å². The number of aromatic nitrogens is 2. The first-order chi connectivity index (χ1) is 17.3. The number of hydrogen-bond acceptors (Lipinski definition) is 5. The summed E-state index contributed by atoms with van der Waals surface area (Å²) in [4.78, 5) is 20.0.